The molecule has 0 heterocycles. The number of nitrogens with one attached hydrogen (secondary N) is 1. The van der Waals surface area contributed by atoms with Crippen LogP contribution in [0, 0.1) is 5.92 Å². The molecule has 0 aliphatic heterocycles. The van der Waals surface area contributed by atoms with E-state index < -0.39 is 16.1 Å². The number of anilines is 1. The zero-order valence-corrected chi connectivity index (χ0v) is 24.5. The second kappa shape index (κ2) is 14.0. The molecule has 10 heteroatoms. The smallest absolute Gasteiger partial charge is 0.242 e. The number of carbonyl (C=O) groups is 2. The first kappa shape index (κ1) is 30.9. The maximum atomic E-state index is 13.4. The van der Waals surface area contributed by atoms with E-state index in [4.69, 9.17) is 23.2 Å². The number of hydrogen-bond acceptors (Lipinski definition) is 4. The lowest BCUT2D eigenvalue weighted by Crippen LogP contribution is -2.48. The predicted molar refractivity (Wildman–Crippen MR) is 152 cm³/mol. The molecule has 0 saturated heterocycles. The quantitative estimate of drug-likeness (QED) is 0.355. The van der Waals surface area contributed by atoms with Crippen molar-refractivity contribution in [2.75, 3.05) is 23.7 Å². The van der Waals surface area contributed by atoms with Gasteiger partial charge in [-0.1, -0.05) is 62.2 Å². The highest BCUT2D eigenvalue weighted by atomic mass is 35.5. The van der Waals surface area contributed by atoms with Gasteiger partial charge >= 0.3 is 0 Å². The molecule has 0 saturated carbocycles. The van der Waals surface area contributed by atoms with Gasteiger partial charge in [-0.05, 0) is 55.5 Å². The van der Waals surface area contributed by atoms with Crippen molar-refractivity contribution in [1.29, 1.82) is 0 Å². The molecule has 1 N–H and O–H groups in total. The van der Waals surface area contributed by atoms with Crippen LogP contribution in [0.15, 0.2) is 42.5 Å². The molecule has 7 nitrogen and oxygen atoms in total. The molecule has 2 aromatic rings. The van der Waals surface area contributed by atoms with Gasteiger partial charge < -0.3 is 10.2 Å². The van der Waals surface area contributed by atoms with E-state index in [9.17, 15) is 18.0 Å². The number of benzene rings is 2. The van der Waals surface area contributed by atoms with E-state index in [1.54, 1.807) is 37.3 Å². The summed E-state index contributed by atoms with van der Waals surface area (Å²) >= 11 is 12.7. The number of carbonyl (C=O) groups excluding carboxylic acids is 2. The first-order chi connectivity index (χ1) is 17.3. The van der Waals surface area contributed by atoms with Crippen molar-refractivity contribution in [2.24, 2.45) is 5.92 Å². The van der Waals surface area contributed by atoms with E-state index in [1.807, 2.05) is 32.9 Å². The SMILES string of the molecule is CCc1ccc(N(CCCC(=O)N(Cc2c(Cl)cccc2Cl)[C@@H](C)C(=O)NCC(C)C)S(C)(=O)=O)cc1. The highest BCUT2D eigenvalue weighted by Crippen LogP contribution is 2.27. The Balaban J connectivity index is 2.21. The first-order valence-corrected chi connectivity index (χ1v) is 15.0. The maximum absolute atomic E-state index is 13.4. The van der Waals surface area contributed by atoms with Gasteiger partial charge in [0.2, 0.25) is 21.8 Å². The number of amides is 2. The molecule has 2 rings (SSSR count). The summed E-state index contributed by atoms with van der Waals surface area (Å²) in [5.41, 5.74) is 2.20. The standard InChI is InChI=1S/C27H37Cl2N3O4S/c1-6-21-12-14-22(15-13-21)32(37(5,35)36)16-8-11-26(33)31(20(4)27(34)30-17-19(2)3)18-23-24(28)9-7-10-25(23)29/h7,9-10,12-15,19-20H,6,8,11,16-18H2,1-5H3,(H,30,34)/t20-/m0/s1. The lowest BCUT2D eigenvalue weighted by Gasteiger charge is -2.30. The predicted octanol–water partition coefficient (Wildman–Crippen LogP) is 5.29. The van der Waals surface area contributed by atoms with Crippen LogP contribution in [0.5, 0.6) is 0 Å². The number of hydrogen-bond donors (Lipinski definition) is 1. The van der Waals surface area contributed by atoms with Crippen molar-refractivity contribution >= 4 is 50.7 Å². The Morgan fingerprint density at radius 2 is 1.59 bits per heavy atom. The van der Waals surface area contributed by atoms with Crippen LogP contribution in [0.1, 0.15) is 51.7 Å². The van der Waals surface area contributed by atoms with Crippen LogP contribution in [-0.2, 0) is 32.6 Å². The minimum atomic E-state index is -3.55. The normalized spacial score (nSPS) is 12.3. The Morgan fingerprint density at radius 1 is 1.00 bits per heavy atom. The number of nitrogens with zero attached hydrogens (tertiary/aromatic N) is 2. The van der Waals surface area contributed by atoms with E-state index in [0.29, 0.717) is 27.8 Å². The summed E-state index contributed by atoms with van der Waals surface area (Å²) < 4.78 is 26.3. The molecule has 0 spiro atoms. The van der Waals surface area contributed by atoms with Crippen LogP contribution in [-0.4, -0.2) is 50.5 Å². The molecule has 2 aromatic carbocycles. The molecule has 0 aliphatic carbocycles. The van der Waals surface area contributed by atoms with Crippen molar-refractivity contribution in [2.45, 2.75) is 59.5 Å². The van der Waals surface area contributed by atoms with E-state index >= 15 is 0 Å². The summed E-state index contributed by atoms with van der Waals surface area (Å²) in [5, 5.41) is 3.67. The fraction of sp³-hybridized carbons (Fsp3) is 0.481. The van der Waals surface area contributed by atoms with Crippen molar-refractivity contribution in [3.8, 4) is 0 Å². The molecule has 0 aromatic heterocycles. The number of halogens is 2. The number of aryl methyl sites for hydroxylation is 1. The van der Waals surface area contributed by atoms with Gasteiger partial charge in [0.25, 0.3) is 0 Å². The van der Waals surface area contributed by atoms with E-state index in [0.717, 1.165) is 18.2 Å². The molecule has 0 bridgehead atoms. The van der Waals surface area contributed by atoms with Crippen molar-refractivity contribution in [3.05, 3.63) is 63.6 Å². The van der Waals surface area contributed by atoms with Gasteiger partial charge in [-0.3, -0.25) is 13.9 Å². The van der Waals surface area contributed by atoms with Crippen molar-refractivity contribution < 1.29 is 18.0 Å². The van der Waals surface area contributed by atoms with Gasteiger partial charge in [-0.2, -0.15) is 0 Å². The summed E-state index contributed by atoms with van der Waals surface area (Å²) in [5.74, 6) is -0.316. The zero-order valence-electron chi connectivity index (χ0n) is 22.1. The van der Waals surface area contributed by atoms with Crippen LogP contribution in [0.3, 0.4) is 0 Å². The number of sulfonamides is 1. The molecule has 0 fully saturated rings. The van der Waals surface area contributed by atoms with Crippen LogP contribution in [0.25, 0.3) is 0 Å². The maximum Gasteiger partial charge on any atom is 0.242 e. The topological polar surface area (TPSA) is 86.8 Å². The van der Waals surface area contributed by atoms with Gasteiger partial charge in [-0.15, -0.1) is 0 Å². The summed E-state index contributed by atoms with van der Waals surface area (Å²) in [7, 11) is -3.55. The second-order valence-corrected chi connectivity index (χ2v) is 12.2. The molecular formula is C27H37Cl2N3O4S. The fourth-order valence-corrected chi connectivity index (χ4v) is 5.27. The lowest BCUT2D eigenvalue weighted by molar-refractivity contribution is -0.140. The number of rotatable bonds is 13. The van der Waals surface area contributed by atoms with Crippen molar-refractivity contribution in [3.63, 3.8) is 0 Å². The molecule has 1 atom stereocenters. The largest absolute Gasteiger partial charge is 0.354 e. The molecule has 0 aliphatic rings. The summed E-state index contributed by atoms with van der Waals surface area (Å²) in [4.78, 5) is 27.7. The van der Waals surface area contributed by atoms with Crippen molar-refractivity contribution in [1.82, 2.24) is 10.2 Å². The van der Waals surface area contributed by atoms with Crippen LogP contribution < -0.4 is 9.62 Å². The molecular weight excluding hydrogens is 533 g/mol. The zero-order chi connectivity index (χ0) is 27.8. The Labute approximate surface area is 231 Å². The van der Waals surface area contributed by atoms with E-state index in [1.165, 1.54) is 9.21 Å². The monoisotopic (exact) mass is 569 g/mol. The minimum Gasteiger partial charge on any atom is -0.354 e. The Morgan fingerprint density at radius 3 is 2.11 bits per heavy atom. The Hall–Kier alpha value is -2.29. The summed E-state index contributed by atoms with van der Waals surface area (Å²) in [6, 6.07) is 11.6. The Bertz CT molecular complexity index is 1150. The van der Waals surface area contributed by atoms with Gasteiger partial charge in [-0.25, -0.2) is 8.42 Å². The molecule has 37 heavy (non-hydrogen) atoms. The lowest BCUT2D eigenvalue weighted by atomic mass is 10.1. The van der Waals surface area contributed by atoms with Crippen LogP contribution >= 0.6 is 23.2 Å². The molecule has 0 radical (unpaired) electrons. The van der Waals surface area contributed by atoms with Gasteiger partial charge in [0.15, 0.2) is 0 Å². The Kier molecular flexibility index (Phi) is 11.7. The highest BCUT2D eigenvalue weighted by Gasteiger charge is 2.28. The van der Waals surface area contributed by atoms with Gasteiger partial charge in [0.1, 0.15) is 6.04 Å². The minimum absolute atomic E-state index is 0.0446. The third-order valence-electron chi connectivity index (χ3n) is 6.03. The second-order valence-electron chi connectivity index (χ2n) is 9.50. The average molecular weight is 571 g/mol. The van der Waals surface area contributed by atoms with E-state index in [2.05, 4.69) is 5.32 Å². The first-order valence-electron chi connectivity index (χ1n) is 12.4. The third kappa shape index (κ3) is 9.20. The van der Waals surface area contributed by atoms with Crippen LogP contribution in [0.2, 0.25) is 10.0 Å². The van der Waals surface area contributed by atoms with Gasteiger partial charge in [0, 0.05) is 41.7 Å². The third-order valence-corrected chi connectivity index (χ3v) is 7.93. The molecule has 2 amide bonds. The average Bonchev–Trinajstić information content (AvgIpc) is 2.83. The fourth-order valence-electron chi connectivity index (χ4n) is 3.79. The van der Waals surface area contributed by atoms with Gasteiger partial charge in [0.05, 0.1) is 11.9 Å². The summed E-state index contributed by atoms with van der Waals surface area (Å²) in [6.07, 6.45) is 2.31. The van der Waals surface area contributed by atoms with Crippen LogP contribution in [0.4, 0.5) is 5.69 Å². The highest BCUT2D eigenvalue weighted by molar-refractivity contribution is 7.92. The van der Waals surface area contributed by atoms with E-state index in [-0.39, 0.29) is 43.7 Å². The summed E-state index contributed by atoms with van der Waals surface area (Å²) in [6.45, 7) is 8.34. The molecule has 204 valence electrons. The molecule has 0 unspecified atom stereocenters.